The first-order valence-corrected chi connectivity index (χ1v) is 8.05. The summed E-state index contributed by atoms with van der Waals surface area (Å²) in [6, 6.07) is 22.1. The van der Waals surface area contributed by atoms with Crippen LogP contribution in [0, 0.1) is 0 Å². The lowest BCUT2D eigenvalue weighted by Crippen LogP contribution is -2.03. The monoisotopic (exact) mass is 315 g/mol. The van der Waals surface area contributed by atoms with Gasteiger partial charge in [-0.2, -0.15) is 0 Å². The minimum atomic E-state index is -0.284. The molecule has 3 heteroatoms. The van der Waals surface area contributed by atoms with Crippen molar-refractivity contribution in [2.24, 2.45) is 0 Å². The summed E-state index contributed by atoms with van der Waals surface area (Å²) in [6.07, 6.45) is 0. The van der Waals surface area contributed by atoms with E-state index < -0.39 is 0 Å². The van der Waals surface area contributed by atoms with Crippen LogP contribution in [0.2, 0.25) is 0 Å². The van der Waals surface area contributed by atoms with Gasteiger partial charge in [-0.3, -0.25) is 0 Å². The van der Waals surface area contributed by atoms with E-state index in [1.54, 1.807) is 0 Å². The number of hydrogen-bond acceptors (Lipinski definition) is 2. The van der Waals surface area contributed by atoms with Crippen molar-refractivity contribution in [3.05, 3.63) is 72.3 Å². The Labute approximate surface area is 139 Å². The van der Waals surface area contributed by atoms with E-state index in [1.807, 2.05) is 37.3 Å². The molecule has 0 fully saturated rings. The van der Waals surface area contributed by atoms with Gasteiger partial charge in [-0.25, -0.2) is 4.79 Å². The summed E-state index contributed by atoms with van der Waals surface area (Å²) in [4.78, 5) is 15.3. The molecule has 0 radical (unpaired) electrons. The quantitative estimate of drug-likeness (QED) is 0.530. The average molecular weight is 315 g/mol. The molecule has 0 saturated carbocycles. The molecular weight excluding hydrogens is 298 g/mol. The van der Waals surface area contributed by atoms with Gasteiger partial charge in [-0.15, -0.1) is 0 Å². The van der Waals surface area contributed by atoms with Gasteiger partial charge in [0, 0.05) is 21.9 Å². The van der Waals surface area contributed by atoms with Gasteiger partial charge >= 0.3 is 5.97 Å². The minimum absolute atomic E-state index is 0.284. The first-order valence-electron chi connectivity index (χ1n) is 8.05. The molecule has 3 aromatic carbocycles. The molecular formula is C21H17NO2. The van der Waals surface area contributed by atoms with E-state index in [-0.39, 0.29) is 5.97 Å². The fraction of sp³-hybridized carbons (Fsp3) is 0.0952. The molecule has 0 aliphatic carbocycles. The largest absolute Gasteiger partial charge is 0.462 e. The number of aromatic amines is 1. The maximum atomic E-state index is 11.8. The summed E-state index contributed by atoms with van der Waals surface area (Å²) in [5.41, 5.74) is 5.01. The third-order valence-electron chi connectivity index (χ3n) is 4.25. The van der Waals surface area contributed by atoms with Crippen LogP contribution in [-0.2, 0) is 4.74 Å². The van der Waals surface area contributed by atoms with Crippen molar-refractivity contribution in [2.45, 2.75) is 6.92 Å². The highest BCUT2D eigenvalue weighted by molar-refractivity contribution is 6.11. The molecule has 0 unspecified atom stereocenters. The minimum Gasteiger partial charge on any atom is -0.462 e. The van der Waals surface area contributed by atoms with E-state index in [0.717, 1.165) is 22.2 Å². The van der Waals surface area contributed by atoms with Crippen molar-refractivity contribution in [1.29, 1.82) is 0 Å². The molecule has 4 rings (SSSR count). The Morgan fingerprint density at radius 3 is 2.46 bits per heavy atom. The number of para-hydroxylation sites is 2. The number of esters is 1. The third kappa shape index (κ3) is 2.35. The molecule has 0 spiro atoms. The Morgan fingerprint density at radius 1 is 0.917 bits per heavy atom. The van der Waals surface area contributed by atoms with Crippen molar-refractivity contribution < 1.29 is 9.53 Å². The molecule has 0 bridgehead atoms. The van der Waals surface area contributed by atoms with Gasteiger partial charge in [0.15, 0.2) is 0 Å². The first-order chi connectivity index (χ1) is 11.8. The van der Waals surface area contributed by atoms with Gasteiger partial charge < -0.3 is 9.72 Å². The van der Waals surface area contributed by atoms with Crippen LogP contribution in [0.3, 0.4) is 0 Å². The number of hydrogen-bond donors (Lipinski definition) is 1. The van der Waals surface area contributed by atoms with E-state index in [9.17, 15) is 4.79 Å². The van der Waals surface area contributed by atoms with Crippen LogP contribution < -0.4 is 0 Å². The van der Waals surface area contributed by atoms with Crippen molar-refractivity contribution in [2.75, 3.05) is 6.61 Å². The maximum Gasteiger partial charge on any atom is 0.338 e. The zero-order chi connectivity index (χ0) is 16.5. The van der Waals surface area contributed by atoms with Gasteiger partial charge in [0.05, 0.1) is 17.7 Å². The lowest BCUT2D eigenvalue weighted by atomic mass is 10.0. The van der Waals surface area contributed by atoms with Crippen molar-refractivity contribution in [3.63, 3.8) is 0 Å². The highest BCUT2D eigenvalue weighted by Crippen LogP contribution is 2.33. The number of rotatable bonds is 3. The van der Waals surface area contributed by atoms with E-state index >= 15 is 0 Å². The molecule has 4 aromatic rings. The molecule has 0 saturated heterocycles. The summed E-state index contributed by atoms with van der Waals surface area (Å²) in [5.74, 6) is -0.284. The second-order valence-corrected chi connectivity index (χ2v) is 5.70. The molecule has 0 aliphatic rings. The van der Waals surface area contributed by atoms with Crippen LogP contribution in [0.25, 0.3) is 32.9 Å². The summed E-state index contributed by atoms with van der Waals surface area (Å²) in [6.45, 7) is 2.19. The molecule has 0 amide bonds. The highest BCUT2D eigenvalue weighted by atomic mass is 16.5. The molecule has 1 N–H and O–H groups in total. The molecule has 1 heterocycles. The fourth-order valence-electron chi connectivity index (χ4n) is 3.11. The van der Waals surface area contributed by atoms with E-state index in [0.29, 0.717) is 12.2 Å². The SMILES string of the molecule is CCOC(=O)c1ccc(-c2cccc3c2[nH]c2ccccc23)cc1. The molecule has 24 heavy (non-hydrogen) atoms. The summed E-state index contributed by atoms with van der Waals surface area (Å²) in [7, 11) is 0. The molecule has 118 valence electrons. The number of H-pyrrole nitrogens is 1. The number of carbonyl (C=O) groups excluding carboxylic acids is 1. The second kappa shape index (κ2) is 5.85. The normalized spacial score (nSPS) is 11.0. The van der Waals surface area contributed by atoms with Gasteiger partial charge in [-0.05, 0) is 30.7 Å². The van der Waals surface area contributed by atoms with Gasteiger partial charge in [0.2, 0.25) is 0 Å². The molecule has 0 aliphatic heterocycles. The second-order valence-electron chi connectivity index (χ2n) is 5.70. The number of carbonyl (C=O) groups is 1. The van der Waals surface area contributed by atoms with Crippen molar-refractivity contribution in [1.82, 2.24) is 4.98 Å². The zero-order valence-electron chi connectivity index (χ0n) is 13.4. The number of ether oxygens (including phenoxy) is 1. The maximum absolute atomic E-state index is 11.8. The first kappa shape index (κ1) is 14.5. The number of aromatic nitrogens is 1. The van der Waals surface area contributed by atoms with Gasteiger partial charge in [-0.1, -0.05) is 48.5 Å². The number of benzene rings is 3. The van der Waals surface area contributed by atoms with E-state index in [1.165, 1.54) is 10.8 Å². The van der Waals surface area contributed by atoms with Crippen LogP contribution in [0.15, 0.2) is 66.7 Å². The average Bonchev–Trinajstić information content (AvgIpc) is 3.01. The smallest absolute Gasteiger partial charge is 0.338 e. The summed E-state index contributed by atoms with van der Waals surface area (Å²) in [5, 5.41) is 2.43. The van der Waals surface area contributed by atoms with E-state index in [2.05, 4.69) is 41.4 Å². The summed E-state index contributed by atoms with van der Waals surface area (Å²) < 4.78 is 5.04. The van der Waals surface area contributed by atoms with E-state index in [4.69, 9.17) is 4.74 Å². The predicted molar refractivity (Wildman–Crippen MR) is 97.2 cm³/mol. The third-order valence-corrected chi connectivity index (χ3v) is 4.25. The van der Waals surface area contributed by atoms with Crippen LogP contribution in [-0.4, -0.2) is 17.6 Å². The van der Waals surface area contributed by atoms with Gasteiger partial charge in [0.1, 0.15) is 0 Å². The van der Waals surface area contributed by atoms with Gasteiger partial charge in [0.25, 0.3) is 0 Å². The Balaban J connectivity index is 1.83. The topological polar surface area (TPSA) is 42.1 Å². The van der Waals surface area contributed by atoms with Crippen LogP contribution in [0.4, 0.5) is 0 Å². The zero-order valence-corrected chi connectivity index (χ0v) is 13.4. The standard InChI is InChI=1S/C21H17NO2/c1-2-24-21(23)15-12-10-14(11-13-15)16-7-5-8-18-17-6-3-4-9-19(17)22-20(16)18/h3-13,22H,2H2,1H3. The molecule has 3 nitrogen and oxygen atoms in total. The molecule has 1 aromatic heterocycles. The van der Waals surface area contributed by atoms with Crippen molar-refractivity contribution in [3.8, 4) is 11.1 Å². The predicted octanol–water partition coefficient (Wildman–Crippen LogP) is 5.16. The lowest BCUT2D eigenvalue weighted by Gasteiger charge is -2.06. The van der Waals surface area contributed by atoms with Crippen LogP contribution >= 0.6 is 0 Å². The summed E-state index contributed by atoms with van der Waals surface area (Å²) >= 11 is 0. The highest BCUT2D eigenvalue weighted by Gasteiger charge is 2.10. The lowest BCUT2D eigenvalue weighted by molar-refractivity contribution is 0.0526. The number of fused-ring (bicyclic) bond motifs is 3. The Hall–Kier alpha value is -3.07. The van der Waals surface area contributed by atoms with Crippen LogP contribution in [0.1, 0.15) is 17.3 Å². The Morgan fingerprint density at radius 2 is 1.67 bits per heavy atom. The number of nitrogens with one attached hydrogen (secondary N) is 1. The molecule has 0 atom stereocenters. The Bertz CT molecular complexity index is 1030. The van der Waals surface area contributed by atoms with Crippen LogP contribution in [0.5, 0.6) is 0 Å². The Kier molecular flexibility index (Phi) is 3.54. The fourth-order valence-corrected chi connectivity index (χ4v) is 3.11. The van der Waals surface area contributed by atoms with Crippen molar-refractivity contribution >= 4 is 27.8 Å².